The molecule has 1 aliphatic carbocycles. The first-order valence-corrected chi connectivity index (χ1v) is 8.24. The van der Waals surface area contributed by atoms with Gasteiger partial charge in [0.05, 0.1) is 7.11 Å². The molecule has 3 rings (SSSR count). The number of ether oxygens (including phenoxy) is 1. The second-order valence-electron chi connectivity index (χ2n) is 6.20. The van der Waals surface area contributed by atoms with Crippen molar-refractivity contribution in [2.24, 2.45) is 0 Å². The van der Waals surface area contributed by atoms with Crippen molar-refractivity contribution in [3.63, 3.8) is 0 Å². The summed E-state index contributed by atoms with van der Waals surface area (Å²) in [7, 11) is 1.72. The molecule has 1 aromatic carbocycles. The number of rotatable bonds is 5. The molecular formula is C18H25NO2. The highest BCUT2D eigenvalue weighted by molar-refractivity contribution is 5.98. The summed E-state index contributed by atoms with van der Waals surface area (Å²) in [6.45, 7) is 3.24. The highest BCUT2D eigenvalue weighted by Crippen LogP contribution is 2.32. The molecule has 1 aromatic rings. The maximum absolute atomic E-state index is 12.6. The van der Waals surface area contributed by atoms with Crippen LogP contribution < -0.4 is 4.74 Å². The van der Waals surface area contributed by atoms with Crippen molar-refractivity contribution in [1.29, 1.82) is 0 Å². The predicted molar refractivity (Wildman–Crippen MR) is 84.3 cm³/mol. The SMILES string of the molecule is COc1ccc(C(=O)CCN2CCCC2)c2c1CCCC2. The second kappa shape index (κ2) is 6.61. The van der Waals surface area contributed by atoms with E-state index >= 15 is 0 Å². The van der Waals surface area contributed by atoms with E-state index in [0.29, 0.717) is 12.2 Å². The number of hydrogen-bond acceptors (Lipinski definition) is 3. The molecule has 1 heterocycles. The van der Waals surface area contributed by atoms with Gasteiger partial charge in [0.2, 0.25) is 0 Å². The van der Waals surface area contributed by atoms with Crippen LogP contribution in [0.25, 0.3) is 0 Å². The Balaban J connectivity index is 1.76. The minimum absolute atomic E-state index is 0.308. The van der Waals surface area contributed by atoms with Gasteiger partial charge in [-0.15, -0.1) is 0 Å². The van der Waals surface area contributed by atoms with Gasteiger partial charge in [-0.3, -0.25) is 4.79 Å². The fourth-order valence-electron chi connectivity index (χ4n) is 3.69. The van der Waals surface area contributed by atoms with Crippen LogP contribution in [-0.4, -0.2) is 37.4 Å². The molecule has 0 bridgehead atoms. The monoisotopic (exact) mass is 287 g/mol. The number of carbonyl (C=O) groups excluding carboxylic acids is 1. The van der Waals surface area contributed by atoms with E-state index in [4.69, 9.17) is 4.74 Å². The highest BCUT2D eigenvalue weighted by Gasteiger charge is 2.21. The Morgan fingerprint density at radius 3 is 2.52 bits per heavy atom. The average Bonchev–Trinajstić information content (AvgIpc) is 3.05. The van der Waals surface area contributed by atoms with Crippen LogP contribution in [0.5, 0.6) is 5.75 Å². The number of nitrogens with zero attached hydrogens (tertiary/aromatic N) is 1. The third-order valence-electron chi connectivity index (χ3n) is 4.87. The number of benzene rings is 1. The van der Waals surface area contributed by atoms with Gasteiger partial charge in [-0.2, -0.15) is 0 Å². The van der Waals surface area contributed by atoms with Crippen LogP contribution in [0.1, 0.15) is 53.6 Å². The molecular weight excluding hydrogens is 262 g/mol. The fourth-order valence-corrected chi connectivity index (χ4v) is 3.69. The third kappa shape index (κ3) is 3.13. The molecule has 0 radical (unpaired) electrons. The largest absolute Gasteiger partial charge is 0.496 e. The maximum Gasteiger partial charge on any atom is 0.164 e. The predicted octanol–water partition coefficient (Wildman–Crippen LogP) is 3.24. The van der Waals surface area contributed by atoms with E-state index in [0.717, 1.165) is 43.8 Å². The third-order valence-corrected chi connectivity index (χ3v) is 4.87. The summed E-state index contributed by atoms with van der Waals surface area (Å²) in [6, 6.07) is 3.96. The molecule has 1 saturated heterocycles. The van der Waals surface area contributed by atoms with Gasteiger partial charge >= 0.3 is 0 Å². The van der Waals surface area contributed by atoms with Gasteiger partial charge < -0.3 is 9.64 Å². The van der Waals surface area contributed by atoms with Crippen LogP contribution in [-0.2, 0) is 12.8 Å². The Kier molecular flexibility index (Phi) is 4.59. The average molecular weight is 287 g/mol. The minimum atomic E-state index is 0.308. The van der Waals surface area contributed by atoms with Crippen LogP contribution in [0.3, 0.4) is 0 Å². The summed E-state index contributed by atoms with van der Waals surface area (Å²) < 4.78 is 5.47. The number of methoxy groups -OCH3 is 1. The highest BCUT2D eigenvalue weighted by atomic mass is 16.5. The van der Waals surface area contributed by atoms with E-state index in [1.54, 1.807) is 7.11 Å². The molecule has 21 heavy (non-hydrogen) atoms. The first-order valence-electron chi connectivity index (χ1n) is 8.24. The van der Waals surface area contributed by atoms with Gasteiger partial charge in [-0.25, -0.2) is 0 Å². The zero-order valence-corrected chi connectivity index (χ0v) is 13.0. The van der Waals surface area contributed by atoms with Crippen molar-refractivity contribution in [2.45, 2.75) is 44.9 Å². The number of ketones is 1. The Hall–Kier alpha value is -1.35. The van der Waals surface area contributed by atoms with Crippen molar-refractivity contribution in [2.75, 3.05) is 26.7 Å². The number of hydrogen-bond donors (Lipinski definition) is 0. The van der Waals surface area contributed by atoms with Crippen LogP contribution in [0.15, 0.2) is 12.1 Å². The lowest BCUT2D eigenvalue weighted by Crippen LogP contribution is -2.23. The smallest absolute Gasteiger partial charge is 0.164 e. The summed E-state index contributed by atoms with van der Waals surface area (Å²) in [5.74, 6) is 1.27. The van der Waals surface area contributed by atoms with E-state index < -0.39 is 0 Å². The minimum Gasteiger partial charge on any atom is -0.496 e. The summed E-state index contributed by atoms with van der Waals surface area (Å²) in [5, 5.41) is 0. The molecule has 0 aromatic heterocycles. The number of Topliss-reactive ketones (excluding diaryl/α,β-unsaturated/α-hetero) is 1. The van der Waals surface area contributed by atoms with Gasteiger partial charge in [-0.05, 0) is 74.9 Å². The maximum atomic E-state index is 12.6. The van der Waals surface area contributed by atoms with E-state index in [2.05, 4.69) is 4.90 Å². The molecule has 0 spiro atoms. The molecule has 0 saturated carbocycles. The van der Waals surface area contributed by atoms with E-state index in [9.17, 15) is 4.79 Å². The molecule has 0 atom stereocenters. The molecule has 1 fully saturated rings. The molecule has 3 heteroatoms. The number of fused-ring (bicyclic) bond motifs is 1. The zero-order valence-electron chi connectivity index (χ0n) is 13.0. The standard InChI is InChI=1S/C18H25NO2/c1-21-18-9-8-15(14-6-2-3-7-16(14)18)17(20)10-13-19-11-4-5-12-19/h8-9H,2-7,10-13H2,1H3. The summed E-state index contributed by atoms with van der Waals surface area (Å²) in [6.07, 6.45) is 7.68. The van der Waals surface area contributed by atoms with Gasteiger partial charge in [0.25, 0.3) is 0 Å². The molecule has 1 aliphatic heterocycles. The number of carbonyl (C=O) groups is 1. The molecule has 114 valence electrons. The first kappa shape index (κ1) is 14.6. The van der Waals surface area contributed by atoms with E-state index in [-0.39, 0.29) is 0 Å². The normalized spacial score (nSPS) is 18.5. The summed E-state index contributed by atoms with van der Waals surface area (Å²) >= 11 is 0. The molecule has 2 aliphatic rings. The lowest BCUT2D eigenvalue weighted by atomic mass is 9.86. The molecule has 0 amide bonds. The van der Waals surface area contributed by atoms with Crippen LogP contribution in [0, 0.1) is 0 Å². The Bertz CT molecular complexity index is 518. The van der Waals surface area contributed by atoms with Gasteiger partial charge in [0, 0.05) is 18.5 Å². The van der Waals surface area contributed by atoms with Crippen molar-refractivity contribution in [1.82, 2.24) is 4.90 Å². The Morgan fingerprint density at radius 2 is 1.81 bits per heavy atom. The van der Waals surface area contributed by atoms with Gasteiger partial charge in [0.15, 0.2) is 5.78 Å². The lowest BCUT2D eigenvalue weighted by Gasteiger charge is -2.22. The number of likely N-dealkylation sites (tertiary alicyclic amines) is 1. The van der Waals surface area contributed by atoms with E-state index in [1.165, 1.54) is 36.8 Å². The van der Waals surface area contributed by atoms with Crippen LogP contribution in [0.4, 0.5) is 0 Å². The second-order valence-corrected chi connectivity index (χ2v) is 6.20. The van der Waals surface area contributed by atoms with Crippen molar-refractivity contribution >= 4 is 5.78 Å². The van der Waals surface area contributed by atoms with Crippen molar-refractivity contribution in [3.05, 3.63) is 28.8 Å². The first-order chi connectivity index (χ1) is 10.3. The quantitative estimate of drug-likeness (QED) is 0.779. The summed E-state index contributed by atoms with van der Waals surface area (Å²) in [5.41, 5.74) is 3.48. The molecule has 0 N–H and O–H groups in total. The van der Waals surface area contributed by atoms with Gasteiger partial charge in [-0.1, -0.05) is 0 Å². The Morgan fingerprint density at radius 1 is 1.10 bits per heavy atom. The molecule has 3 nitrogen and oxygen atoms in total. The topological polar surface area (TPSA) is 29.5 Å². The van der Waals surface area contributed by atoms with E-state index in [1.807, 2.05) is 12.1 Å². The summed E-state index contributed by atoms with van der Waals surface area (Å²) in [4.78, 5) is 15.0. The van der Waals surface area contributed by atoms with Crippen molar-refractivity contribution in [3.8, 4) is 5.75 Å². The molecule has 0 unspecified atom stereocenters. The van der Waals surface area contributed by atoms with Gasteiger partial charge in [0.1, 0.15) is 5.75 Å². The van der Waals surface area contributed by atoms with Crippen LogP contribution in [0.2, 0.25) is 0 Å². The fraction of sp³-hybridized carbons (Fsp3) is 0.611. The Labute approximate surface area is 127 Å². The van der Waals surface area contributed by atoms with Crippen LogP contribution >= 0.6 is 0 Å². The zero-order chi connectivity index (χ0) is 14.7. The van der Waals surface area contributed by atoms with Crippen molar-refractivity contribution < 1.29 is 9.53 Å². The lowest BCUT2D eigenvalue weighted by molar-refractivity contribution is 0.0967.